The third-order valence-electron chi connectivity index (χ3n) is 4.28. The molecule has 2 unspecified atom stereocenters. The maximum Gasteiger partial charge on any atom is 0.330 e. The number of hydrogen-bond donors (Lipinski definition) is 0. The summed E-state index contributed by atoms with van der Waals surface area (Å²) in [6.07, 6.45) is 10.9. The number of hydrogen-bond acceptors (Lipinski definition) is 2. The van der Waals surface area contributed by atoms with Crippen LogP contribution < -0.4 is 0 Å². The van der Waals surface area contributed by atoms with Gasteiger partial charge in [0.15, 0.2) is 0 Å². The zero-order valence-electron chi connectivity index (χ0n) is 13.7. The Morgan fingerprint density at radius 2 is 2.10 bits per heavy atom. The summed E-state index contributed by atoms with van der Waals surface area (Å²) in [6, 6.07) is 0. The maximum atomic E-state index is 11.3. The summed E-state index contributed by atoms with van der Waals surface area (Å²) < 4.78 is 4.88. The van der Waals surface area contributed by atoms with Crippen molar-refractivity contribution in [3.8, 4) is 0 Å². The fraction of sp³-hybridized carbons (Fsp3) is 0.722. The van der Waals surface area contributed by atoms with Crippen LogP contribution in [0.5, 0.6) is 0 Å². The Hall–Kier alpha value is -1.05. The van der Waals surface area contributed by atoms with Gasteiger partial charge in [0.05, 0.1) is 6.61 Å². The first-order chi connectivity index (χ1) is 9.35. The molecular formula is C18H30O2. The monoisotopic (exact) mass is 278 g/mol. The molecule has 0 heterocycles. The molecule has 0 bridgehead atoms. The molecule has 0 spiro atoms. The van der Waals surface area contributed by atoms with Crippen molar-refractivity contribution in [2.24, 2.45) is 17.3 Å². The third kappa shape index (κ3) is 6.40. The van der Waals surface area contributed by atoms with Gasteiger partial charge in [-0.05, 0) is 55.9 Å². The quantitative estimate of drug-likeness (QED) is 0.358. The number of carbonyl (C=O) groups excluding carboxylic acids is 1. The maximum absolute atomic E-state index is 11.3. The van der Waals surface area contributed by atoms with Crippen LogP contribution in [0.25, 0.3) is 0 Å². The number of rotatable bonds is 8. The highest BCUT2D eigenvalue weighted by atomic mass is 16.5. The van der Waals surface area contributed by atoms with Crippen molar-refractivity contribution in [1.29, 1.82) is 0 Å². The molecule has 114 valence electrons. The minimum absolute atomic E-state index is 0.251. The SMILES string of the molecule is CCOC(=O)/C=C(C)/C=C/CC(C)CCC1CC1(C)C. The lowest BCUT2D eigenvalue weighted by Gasteiger charge is -2.09. The van der Waals surface area contributed by atoms with Crippen molar-refractivity contribution in [2.75, 3.05) is 6.61 Å². The molecule has 1 saturated carbocycles. The second kappa shape index (κ2) is 7.66. The van der Waals surface area contributed by atoms with Gasteiger partial charge in [0.25, 0.3) is 0 Å². The van der Waals surface area contributed by atoms with E-state index in [9.17, 15) is 4.79 Å². The molecule has 0 saturated heterocycles. The molecule has 0 amide bonds. The first-order valence-electron chi connectivity index (χ1n) is 7.86. The van der Waals surface area contributed by atoms with Crippen molar-refractivity contribution >= 4 is 5.97 Å². The second-order valence-electron chi connectivity index (χ2n) is 6.85. The summed E-state index contributed by atoms with van der Waals surface area (Å²) in [4.78, 5) is 11.3. The van der Waals surface area contributed by atoms with Crippen molar-refractivity contribution in [3.05, 3.63) is 23.8 Å². The largest absolute Gasteiger partial charge is 0.463 e. The molecular weight excluding hydrogens is 248 g/mol. The zero-order chi connectivity index (χ0) is 15.2. The third-order valence-corrected chi connectivity index (χ3v) is 4.28. The van der Waals surface area contributed by atoms with Crippen LogP contribution in [0.4, 0.5) is 0 Å². The Bertz CT molecular complexity index is 377. The smallest absolute Gasteiger partial charge is 0.330 e. The van der Waals surface area contributed by atoms with Crippen molar-refractivity contribution in [1.82, 2.24) is 0 Å². The number of allylic oxidation sites excluding steroid dienone is 3. The Balaban J connectivity index is 2.21. The Labute approximate surface area is 124 Å². The fourth-order valence-electron chi connectivity index (χ4n) is 2.58. The molecule has 0 aliphatic heterocycles. The number of ether oxygens (including phenoxy) is 1. The molecule has 20 heavy (non-hydrogen) atoms. The molecule has 1 fully saturated rings. The standard InChI is InChI=1S/C18H30O2/c1-6-20-17(19)12-15(3)9-7-8-14(2)10-11-16-13-18(16,4)5/h7,9,12,14,16H,6,8,10-11,13H2,1-5H3/b9-7+,15-12+. The van der Waals surface area contributed by atoms with Gasteiger partial charge in [0, 0.05) is 6.08 Å². The number of esters is 1. The Kier molecular flexibility index (Phi) is 6.51. The van der Waals surface area contributed by atoms with E-state index in [4.69, 9.17) is 4.74 Å². The van der Waals surface area contributed by atoms with E-state index in [1.807, 2.05) is 19.9 Å². The van der Waals surface area contributed by atoms with Crippen LogP contribution in [0, 0.1) is 17.3 Å². The van der Waals surface area contributed by atoms with Gasteiger partial charge in [0.1, 0.15) is 0 Å². The average Bonchev–Trinajstić information content (AvgIpc) is 2.94. The van der Waals surface area contributed by atoms with Crippen molar-refractivity contribution < 1.29 is 9.53 Å². The van der Waals surface area contributed by atoms with Crippen LogP contribution in [-0.4, -0.2) is 12.6 Å². The molecule has 0 radical (unpaired) electrons. The van der Waals surface area contributed by atoms with Gasteiger partial charge in [0.2, 0.25) is 0 Å². The molecule has 0 aromatic carbocycles. The minimum atomic E-state index is -0.251. The van der Waals surface area contributed by atoms with E-state index in [1.165, 1.54) is 19.3 Å². The first-order valence-corrected chi connectivity index (χ1v) is 7.86. The molecule has 1 aliphatic rings. The predicted molar refractivity (Wildman–Crippen MR) is 84.4 cm³/mol. The van der Waals surface area contributed by atoms with Crippen LogP contribution in [0.3, 0.4) is 0 Å². The van der Waals surface area contributed by atoms with Crippen LogP contribution in [0.1, 0.15) is 60.3 Å². The van der Waals surface area contributed by atoms with E-state index in [0.717, 1.165) is 23.8 Å². The van der Waals surface area contributed by atoms with Crippen LogP contribution in [-0.2, 0) is 9.53 Å². The van der Waals surface area contributed by atoms with E-state index < -0.39 is 0 Å². The van der Waals surface area contributed by atoms with Crippen molar-refractivity contribution in [2.45, 2.75) is 60.3 Å². The lowest BCUT2D eigenvalue weighted by molar-refractivity contribution is -0.137. The van der Waals surface area contributed by atoms with E-state index in [1.54, 1.807) is 6.08 Å². The topological polar surface area (TPSA) is 26.3 Å². The van der Waals surface area contributed by atoms with Gasteiger partial charge >= 0.3 is 5.97 Å². The summed E-state index contributed by atoms with van der Waals surface area (Å²) in [5.74, 6) is 1.41. The van der Waals surface area contributed by atoms with E-state index in [2.05, 4.69) is 26.8 Å². The van der Waals surface area contributed by atoms with E-state index >= 15 is 0 Å². The molecule has 2 atom stereocenters. The molecule has 0 aromatic rings. The second-order valence-corrected chi connectivity index (χ2v) is 6.85. The Morgan fingerprint density at radius 1 is 1.45 bits per heavy atom. The highest BCUT2D eigenvalue weighted by molar-refractivity contribution is 5.83. The zero-order valence-corrected chi connectivity index (χ0v) is 13.7. The van der Waals surface area contributed by atoms with Gasteiger partial charge in [-0.3, -0.25) is 0 Å². The highest BCUT2D eigenvalue weighted by Crippen LogP contribution is 2.54. The summed E-state index contributed by atoms with van der Waals surface area (Å²) in [5, 5.41) is 0. The van der Waals surface area contributed by atoms with Crippen LogP contribution in [0.15, 0.2) is 23.8 Å². The highest BCUT2D eigenvalue weighted by Gasteiger charge is 2.44. The molecule has 1 aliphatic carbocycles. The molecule has 2 nitrogen and oxygen atoms in total. The molecule has 1 rings (SSSR count). The fourth-order valence-corrected chi connectivity index (χ4v) is 2.58. The normalized spacial score (nSPS) is 22.9. The van der Waals surface area contributed by atoms with Gasteiger partial charge < -0.3 is 4.74 Å². The van der Waals surface area contributed by atoms with Crippen molar-refractivity contribution in [3.63, 3.8) is 0 Å². The molecule has 2 heteroatoms. The van der Waals surface area contributed by atoms with Gasteiger partial charge in [-0.25, -0.2) is 4.79 Å². The van der Waals surface area contributed by atoms with E-state index in [-0.39, 0.29) is 5.97 Å². The molecule has 0 aromatic heterocycles. The predicted octanol–water partition coefficient (Wildman–Crippen LogP) is 4.90. The number of carbonyl (C=O) groups is 1. The minimum Gasteiger partial charge on any atom is -0.463 e. The lowest BCUT2D eigenvalue weighted by Crippen LogP contribution is -2.00. The van der Waals surface area contributed by atoms with Crippen LogP contribution >= 0.6 is 0 Å². The van der Waals surface area contributed by atoms with Gasteiger partial charge in [-0.15, -0.1) is 0 Å². The summed E-state index contributed by atoms with van der Waals surface area (Å²) in [5.41, 5.74) is 1.56. The summed E-state index contributed by atoms with van der Waals surface area (Å²) in [7, 11) is 0. The summed E-state index contributed by atoms with van der Waals surface area (Å²) in [6.45, 7) is 11.2. The average molecular weight is 278 g/mol. The first kappa shape index (κ1) is 17.0. The Morgan fingerprint density at radius 3 is 2.65 bits per heavy atom. The molecule has 0 N–H and O–H groups in total. The lowest BCUT2D eigenvalue weighted by atomic mass is 9.97. The van der Waals surface area contributed by atoms with E-state index in [0.29, 0.717) is 12.0 Å². The van der Waals surface area contributed by atoms with Gasteiger partial charge in [-0.2, -0.15) is 0 Å². The summed E-state index contributed by atoms with van der Waals surface area (Å²) >= 11 is 0. The van der Waals surface area contributed by atoms with Crippen LogP contribution in [0.2, 0.25) is 0 Å². The van der Waals surface area contributed by atoms with Gasteiger partial charge in [-0.1, -0.05) is 39.3 Å².